The van der Waals surface area contributed by atoms with Gasteiger partial charge in [-0.2, -0.15) is 5.10 Å². The second-order valence-corrected chi connectivity index (χ2v) is 10.4. The van der Waals surface area contributed by atoms with E-state index in [0.29, 0.717) is 53.0 Å². The van der Waals surface area contributed by atoms with Crippen molar-refractivity contribution in [3.05, 3.63) is 80.6 Å². The Balaban J connectivity index is 1.40. The van der Waals surface area contributed by atoms with Gasteiger partial charge in [-0.1, -0.05) is 35.3 Å². The Bertz CT molecular complexity index is 1400. The molecule has 3 aromatic rings. The monoisotopic (exact) mass is 539 g/mol. The summed E-state index contributed by atoms with van der Waals surface area (Å²) in [6.07, 6.45) is 0.565. The van der Waals surface area contributed by atoms with Crippen LogP contribution in [0.2, 0.25) is 10.0 Å². The van der Waals surface area contributed by atoms with Crippen LogP contribution in [0.25, 0.3) is 0 Å². The molecule has 0 saturated carbocycles. The molecule has 37 heavy (non-hydrogen) atoms. The molecule has 192 valence electrons. The summed E-state index contributed by atoms with van der Waals surface area (Å²) in [5.74, 6) is -0.398. The van der Waals surface area contributed by atoms with Crippen LogP contribution in [-0.2, 0) is 24.3 Å². The molecule has 2 aromatic carbocycles. The minimum atomic E-state index is -0.172. The zero-order valence-electron chi connectivity index (χ0n) is 20.8. The molecule has 2 aliphatic rings. The summed E-state index contributed by atoms with van der Waals surface area (Å²) >= 11 is 12.2. The number of amides is 3. The van der Waals surface area contributed by atoms with Crippen LogP contribution < -0.4 is 5.32 Å². The Morgan fingerprint density at radius 1 is 1.08 bits per heavy atom. The van der Waals surface area contributed by atoms with Crippen molar-refractivity contribution in [2.75, 3.05) is 11.9 Å². The second kappa shape index (κ2) is 9.84. The number of nitrogens with zero attached hydrogens (tertiary/aromatic N) is 4. The fourth-order valence-electron chi connectivity index (χ4n) is 5.10. The van der Waals surface area contributed by atoms with E-state index >= 15 is 0 Å². The van der Waals surface area contributed by atoms with E-state index in [4.69, 9.17) is 28.3 Å². The molecule has 0 unspecified atom stereocenters. The number of carbonyl (C=O) groups excluding carboxylic acids is 3. The van der Waals surface area contributed by atoms with Crippen LogP contribution in [0.4, 0.5) is 5.69 Å². The Labute approximate surface area is 225 Å². The number of anilines is 1. The lowest BCUT2D eigenvalue weighted by atomic mass is 9.97. The topological polar surface area (TPSA) is 87.5 Å². The maximum absolute atomic E-state index is 13.8. The second-order valence-electron chi connectivity index (χ2n) is 9.59. The van der Waals surface area contributed by atoms with Gasteiger partial charge in [-0.15, -0.1) is 0 Å². The van der Waals surface area contributed by atoms with Gasteiger partial charge >= 0.3 is 0 Å². The molecule has 8 nitrogen and oxygen atoms in total. The Kier molecular flexibility index (Phi) is 6.72. The lowest BCUT2D eigenvalue weighted by Crippen LogP contribution is -2.44. The molecule has 0 radical (unpaired) electrons. The zero-order chi connectivity index (χ0) is 26.4. The van der Waals surface area contributed by atoms with Crippen LogP contribution in [0.15, 0.2) is 42.5 Å². The van der Waals surface area contributed by atoms with E-state index in [9.17, 15) is 14.4 Å². The summed E-state index contributed by atoms with van der Waals surface area (Å²) in [7, 11) is 0. The molecule has 2 atom stereocenters. The third-order valence-corrected chi connectivity index (χ3v) is 7.85. The third-order valence-electron chi connectivity index (χ3n) is 7.11. The fourth-order valence-corrected chi connectivity index (χ4v) is 5.40. The van der Waals surface area contributed by atoms with Crippen LogP contribution in [-0.4, -0.2) is 49.9 Å². The molecule has 0 saturated heterocycles. The van der Waals surface area contributed by atoms with Crippen LogP contribution >= 0.6 is 23.2 Å². The highest BCUT2D eigenvalue weighted by Gasteiger charge is 2.38. The predicted molar refractivity (Wildman–Crippen MR) is 142 cm³/mol. The highest BCUT2D eigenvalue weighted by molar-refractivity contribution is 6.42. The van der Waals surface area contributed by atoms with Gasteiger partial charge in [-0.05, 0) is 49.7 Å². The number of carbonyl (C=O) groups is 3. The number of aromatic nitrogens is 2. The van der Waals surface area contributed by atoms with Crippen LogP contribution in [0.1, 0.15) is 64.5 Å². The normalized spacial score (nSPS) is 17.8. The van der Waals surface area contributed by atoms with E-state index in [1.165, 1.54) is 6.92 Å². The van der Waals surface area contributed by atoms with Crippen molar-refractivity contribution in [1.29, 1.82) is 0 Å². The number of rotatable bonds is 4. The quantitative estimate of drug-likeness (QED) is 0.507. The molecule has 5 rings (SSSR count). The minimum absolute atomic E-state index is 0.0846. The van der Waals surface area contributed by atoms with Crippen molar-refractivity contribution in [2.24, 2.45) is 0 Å². The van der Waals surface area contributed by atoms with Gasteiger partial charge in [-0.25, -0.2) is 0 Å². The SMILES string of the molecule is CC(=O)Nc1ccc([C@H](C)N2CCn3nc4c(c3C2=O)CN(C(=O)c2ccc(Cl)c(Cl)c2)[C@H](C)C4)cc1. The Hall–Kier alpha value is -3.36. The van der Waals surface area contributed by atoms with Gasteiger partial charge in [0.1, 0.15) is 5.69 Å². The van der Waals surface area contributed by atoms with Crippen LogP contribution in [0.3, 0.4) is 0 Å². The molecule has 0 spiro atoms. The molecule has 0 fully saturated rings. The average molecular weight is 540 g/mol. The van der Waals surface area contributed by atoms with E-state index in [1.807, 2.05) is 43.0 Å². The molecule has 10 heteroatoms. The van der Waals surface area contributed by atoms with Crippen molar-refractivity contribution in [3.63, 3.8) is 0 Å². The van der Waals surface area contributed by atoms with E-state index in [-0.39, 0.29) is 29.8 Å². The molecule has 1 N–H and O–H groups in total. The van der Waals surface area contributed by atoms with Crippen molar-refractivity contribution in [3.8, 4) is 0 Å². The summed E-state index contributed by atoms with van der Waals surface area (Å²) in [6, 6.07) is 12.1. The maximum Gasteiger partial charge on any atom is 0.273 e. The van der Waals surface area contributed by atoms with Crippen molar-refractivity contribution in [1.82, 2.24) is 19.6 Å². The summed E-state index contributed by atoms with van der Waals surface area (Å²) in [5, 5.41) is 8.22. The highest BCUT2D eigenvalue weighted by atomic mass is 35.5. The molecule has 3 heterocycles. The van der Waals surface area contributed by atoms with Gasteiger partial charge in [0.15, 0.2) is 0 Å². The molecule has 3 amide bonds. The predicted octanol–water partition coefficient (Wildman–Crippen LogP) is 4.95. The summed E-state index contributed by atoms with van der Waals surface area (Å²) < 4.78 is 1.79. The number of halogens is 2. The van der Waals surface area contributed by atoms with Gasteiger partial charge in [0, 0.05) is 42.7 Å². The van der Waals surface area contributed by atoms with Crippen molar-refractivity contribution >= 4 is 46.6 Å². The van der Waals surface area contributed by atoms with E-state index in [0.717, 1.165) is 16.8 Å². The highest BCUT2D eigenvalue weighted by Crippen LogP contribution is 2.33. The maximum atomic E-state index is 13.8. The van der Waals surface area contributed by atoms with E-state index in [2.05, 4.69) is 5.32 Å². The average Bonchev–Trinajstić information content (AvgIpc) is 3.22. The van der Waals surface area contributed by atoms with Gasteiger partial charge in [0.25, 0.3) is 11.8 Å². The Morgan fingerprint density at radius 3 is 2.49 bits per heavy atom. The number of hydrogen-bond donors (Lipinski definition) is 1. The number of benzene rings is 2. The largest absolute Gasteiger partial charge is 0.331 e. The van der Waals surface area contributed by atoms with E-state index < -0.39 is 0 Å². The van der Waals surface area contributed by atoms with Crippen molar-refractivity contribution < 1.29 is 14.4 Å². The van der Waals surface area contributed by atoms with Crippen LogP contribution in [0.5, 0.6) is 0 Å². The summed E-state index contributed by atoms with van der Waals surface area (Å²) in [4.78, 5) is 42.1. The van der Waals surface area contributed by atoms with Gasteiger partial charge in [-0.3, -0.25) is 19.1 Å². The number of nitrogens with one attached hydrogen (secondary N) is 1. The number of fused-ring (bicyclic) bond motifs is 3. The first-order chi connectivity index (χ1) is 17.6. The van der Waals surface area contributed by atoms with Gasteiger partial charge in [0.2, 0.25) is 5.91 Å². The molecule has 0 bridgehead atoms. The summed E-state index contributed by atoms with van der Waals surface area (Å²) in [6.45, 7) is 6.85. The molecule has 2 aliphatic heterocycles. The molecular weight excluding hydrogens is 513 g/mol. The fraction of sp³-hybridized carbons (Fsp3) is 0.333. The lowest BCUT2D eigenvalue weighted by Gasteiger charge is -2.35. The zero-order valence-corrected chi connectivity index (χ0v) is 22.3. The van der Waals surface area contributed by atoms with Gasteiger partial charge in [0.05, 0.1) is 34.9 Å². The molecular formula is C27H27Cl2N5O3. The first-order valence-corrected chi connectivity index (χ1v) is 12.9. The van der Waals surface area contributed by atoms with E-state index in [1.54, 1.807) is 27.8 Å². The van der Waals surface area contributed by atoms with Crippen LogP contribution in [0, 0.1) is 0 Å². The first kappa shape index (κ1) is 25.3. The standard InChI is InChI=1S/C27H27Cl2N5O3/c1-15-12-24-21(14-33(15)26(36)19-6-9-22(28)23(29)13-19)25-27(37)32(10-11-34(25)31-24)16(2)18-4-7-20(8-5-18)30-17(3)35/h4-9,13,15-16H,10-12,14H2,1-3H3,(H,30,35)/t15-,16+/m1/s1. The summed E-state index contributed by atoms with van der Waals surface area (Å²) in [5.41, 5.74) is 4.34. The van der Waals surface area contributed by atoms with Crippen molar-refractivity contribution in [2.45, 2.75) is 52.4 Å². The number of hydrogen-bond acceptors (Lipinski definition) is 4. The Morgan fingerprint density at radius 2 is 1.81 bits per heavy atom. The smallest absolute Gasteiger partial charge is 0.273 e. The van der Waals surface area contributed by atoms with Gasteiger partial charge < -0.3 is 15.1 Å². The lowest BCUT2D eigenvalue weighted by molar-refractivity contribution is -0.114. The first-order valence-electron chi connectivity index (χ1n) is 12.2. The third kappa shape index (κ3) is 4.71. The minimum Gasteiger partial charge on any atom is -0.331 e. The molecule has 0 aliphatic carbocycles. The molecule has 1 aromatic heterocycles.